The van der Waals surface area contributed by atoms with Crippen molar-refractivity contribution >= 4 is 11.5 Å². The molecule has 1 aliphatic heterocycles. The third kappa shape index (κ3) is 3.15. The third-order valence-electron chi connectivity index (χ3n) is 4.19. The molecule has 2 aliphatic rings. The lowest BCUT2D eigenvalue weighted by molar-refractivity contribution is 0.0350. The minimum absolute atomic E-state index is 0.546. The van der Waals surface area contributed by atoms with E-state index in [0.29, 0.717) is 17.5 Å². The number of aliphatic hydroxyl groups is 1. The fourth-order valence-electron chi connectivity index (χ4n) is 2.43. The number of ether oxygens (including phenoxy) is 1. The molecule has 3 rings (SSSR count). The van der Waals surface area contributed by atoms with Crippen molar-refractivity contribution in [2.24, 2.45) is 5.92 Å². The van der Waals surface area contributed by atoms with Gasteiger partial charge in [-0.2, -0.15) is 4.98 Å². The summed E-state index contributed by atoms with van der Waals surface area (Å²) in [6.45, 7) is 4.23. The Kier molecular flexibility index (Phi) is 3.46. The van der Waals surface area contributed by atoms with E-state index in [4.69, 9.17) is 10.5 Å². The van der Waals surface area contributed by atoms with Crippen LogP contribution in [0, 0.1) is 5.92 Å². The summed E-state index contributed by atoms with van der Waals surface area (Å²) in [7, 11) is 0. The molecule has 0 radical (unpaired) electrons. The first-order chi connectivity index (χ1) is 9.53. The van der Waals surface area contributed by atoms with E-state index in [9.17, 15) is 5.11 Å². The van der Waals surface area contributed by atoms with Gasteiger partial charge in [0.15, 0.2) is 0 Å². The second-order valence-electron chi connectivity index (χ2n) is 6.30. The number of pyridine rings is 1. The van der Waals surface area contributed by atoms with Crippen LogP contribution in [-0.2, 0) is 0 Å². The van der Waals surface area contributed by atoms with Crippen LogP contribution >= 0.6 is 0 Å². The van der Waals surface area contributed by atoms with Crippen molar-refractivity contribution in [3.05, 3.63) is 12.1 Å². The zero-order valence-electron chi connectivity index (χ0n) is 12.0. The Morgan fingerprint density at radius 1 is 1.40 bits per heavy atom. The van der Waals surface area contributed by atoms with Crippen molar-refractivity contribution in [3.8, 4) is 5.88 Å². The van der Waals surface area contributed by atoms with Crippen LogP contribution in [0.3, 0.4) is 0 Å². The highest BCUT2D eigenvalue weighted by Gasteiger charge is 2.28. The van der Waals surface area contributed by atoms with Crippen molar-refractivity contribution < 1.29 is 9.84 Å². The smallest absolute Gasteiger partial charge is 0.239 e. The summed E-state index contributed by atoms with van der Waals surface area (Å²) < 4.78 is 5.72. The van der Waals surface area contributed by atoms with E-state index in [1.165, 1.54) is 12.8 Å². The molecule has 1 aromatic rings. The van der Waals surface area contributed by atoms with Gasteiger partial charge in [-0.3, -0.25) is 0 Å². The number of rotatable bonds is 4. The first-order valence-corrected chi connectivity index (χ1v) is 7.40. The number of aromatic nitrogens is 1. The van der Waals surface area contributed by atoms with Crippen molar-refractivity contribution in [2.45, 2.75) is 38.2 Å². The predicted molar refractivity (Wildman–Crippen MR) is 78.9 cm³/mol. The van der Waals surface area contributed by atoms with Crippen molar-refractivity contribution in [2.75, 3.05) is 30.3 Å². The van der Waals surface area contributed by atoms with Crippen LogP contribution in [0.2, 0.25) is 0 Å². The molecule has 0 atom stereocenters. The maximum absolute atomic E-state index is 10.00. The molecule has 1 saturated carbocycles. The summed E-state index contributed by atoms with van der Waals surface area (Å²) in [6.07, 6.45) is 4.02. The fraction of sp³-hybridized carbons (Fsp3) is 0.667. The molecular formula is C15H23N3O2. The molecule has 5 nitrogen and oxygen atoms in total. The normalized spacial score (nSPS) is 21.8. The summed E-state index contributed by atoms with van der Waals surface area (Å²) >= 11 is 0. The zero-order valence-corrected chi connectivity index (χ0v) is 12.0. The van der Waals surface area contributed by atoms with E-state index in [-0.39, 0.29) is 0 Å². The van der Waals surface area contributed by atoms with Gasteiger partial charge in [0.1, 0.15) is 5.82 Å². The van der Waals surface area contributed by atoms with Crippen LogP contribution in [0.4, 0.5) is 11.5 Å². The second-order valence-corrected chi connectivity index (χ2v) is 6.30. The van der Waals surface area contributed by atoms with E-state index in [2.05, 4.69) is 9.88 Å². The molecule has 1 aromatic heterocycles. The molecule has 3 N–H and O–H groups in total. The molecular weight excluding hydrogens is 254 g/mol. The lowest BCUT2D eigenvalue weighted by Gasteiger charge is -2.36. The highest BCUT2D eigenvalue weighted by Crippen LogP contribution is 2.32. The molecule has 0 aromatic carbocycles. The van der Waals surface area contributed by atoms with Crippen LogP contribution in [0.25, 0.3) is 0 Å². The van der Waals surface area contributed by atoms with Gasteiger partial charge in [0, 0.05) is 13.1 Å². The van der Waals surface area contributed by atoms with E-state index < -0.39 is 5.60 Å². The molecule has 110 valence electrons. The number of anilines is 2. The Balaban J connectivity index is 1.68. The molecule has 0 bridgehead atoms. The van der Waals surface area contributed by atoms with Gasteiger partial charge in [-0.25, -0.2) is 0 Å². The summed E-state index contributed by atoms with van der Waals surface area (Å²) in [6, 6.07) is 3.79. The number of hydrogen-bond donors (Lipinski definition) is 2. The largest absolute Gasteiger partial charge is 0.476 e. The maximum atomic E-state index is 10.00. The Bertz CT molecular complexity index is 476. The Hall–Kier alpha value is -1.49. The van der Waals surface area contributed by atoms with E-state index in [0.717, 1.165) is 38.4 Å². The van der Waals surface area contributed by atoms with Gasteiger partial charge in [-0.1, -0.05) is 0 Å². The van der Waals surface area contributed by atoms with Gasteiger partial charge in [-0.15, -0.1) is 0 Å². The number of nitrogens with two attached hydrogens (primary N) is 1. The van der Waals surface area contributed by atoms with Crippen LogP contribution in [0.5, 0.6) is 5.88 Å². The van der Waals surface area contributed by atoms with Gasteiger partial charge < -0.3 is 20.5 Å². The SMILES string of the molecule is CC1(O)CCN(c2ccc(N)c(OCC3CC3)n2)CC1. The summed E-state index contributed by atoms with van der Waals surface area (Å²) in [4.78, 5) is 6.72. The highest BCUT2D eigenvalue weighted by molar-refractivity contribution is 5.54. The van der Waals surface area contributed by atoms with Gasteiger partial charge >= 0.3 is 0 Å². The minimum Gasteiger partial charge on any atom is -0.476 e. The first-order valence-electron chi connectivity index (χ1n) is 7.40. The third-order valence-corrected chi connectivity index (χ3v) is 4.19. The zero-order chi connectivity index (χ0) is 14.2. The Morgan fingerprint density at radius 2 is 2.10 bits per heavy atom. The average Bonchev–Trinajstić information content (AvgIpc) is 3.22. The first kappa shape index (κ1) is 13.5. The van der Waals surface area contributed by atoms with Crippen LogP contribution in [0.1, 0.15) is 32.6 Å². The molecule has 1 aliphatic carbocycles. The summed E-state index contributed by atoms with van der Waals surface area (Å²) in [5, 5.41) is 10.00. The number of nitrogens with zero attached hydrogens (tertiary/aromatic N) is 2. The molecule has 0 spiro atoms. The molecule has 2 fully saturated rings. The Morgan fingerprint density at radius 3 is 2.75 bits per heavy atom. The Labute approximate surface area is 119 Å². The van der Waals surface area contributed by atoms with E-state index >= 15 is 0 Å². The maximum Gasteiger partial charge on any atom is 0.239 e. The average molecular weight is 277 g/mol. The van der Waals surface area contributed by atoms with Gasteiger partial charge in [0.25, 0.3) is 0 Å². The topological polar surface area (TPSA) is 71.6 Å². The predicted octanol–water partition coefficient (Wildman–Crippen LogP) is 1.80. The van der Waals surface area contributed by atoms with Gasteiger partial charge in [0.2, 0.25) is 5.88 Å². The van der Waals surface area contributed by atoms with Crippen molar-refractivity contribution in [1.82, 2.24) is 4.98 Å². The van der Waals surface area contributed by atoms with Crippen LogP contribution in [0.15, 0.2) is 12.1 Å². The number of hydrogen-bond acceptors (Lipinski definition) is 5. The molecule has 20 heavy (non-hydrogen) atoms. The molecule has 0 unspecified atom stereocenters. The molecule has 0 amide bonds. The molecule has 5 heteroatoms. The standard InChI is InChI=1S/C15H23N3O2/c1-15(19)6-8-18(9-7-15)13-5-4-12(16)14(17-13)20-10-11-2-3-11/h4-5,11,19H,2-3,6-10,16H2,1H3. The van der Waals surface area contributed by atoms with E-state index in [1.54, 1.807) is 0 Å². The summed E-state index contributed by atoms with van der Waals surface area (Å²) in [5.41, 5.74) is 5.97. The van der Waals surface area contributed by atoms with Crippen LogP contribution in [-0.4, -0.2) is 35.4 Å². The van der Waals surface area contributed by atoms with Crippen molar-refractivity contribution in [1.29, 1.82) is 0 Å². The monoisotopic (exact) mass is 277 g/mol. The summed E-state index contributed by atoms with van der Waals surface area (Å²) in [5.74, 6) is 2.12. The lowest BCUT2D eigenvalue weighted by atomic mass is 9.94. The van der Waals surface area contributed by atoms with E-state index in [1.807, 2.05) is 19.1 Å². The number of piperidine rings is 1. The number of nitrogen functional groups attached to an aromatic ring is 1. The lowest BCUT2D eigenvalue weighted by Crippen LogP contribution is -2.42. The van der Waals surface area contributed by atoms with Crippen LogP contribution < -0.4 is 15.4 Å². The fourth-order valence-corrected chi connectivity index (χ4v) is 2.43. The highest BCUT2D eigenvalue weighted by atomic mass is 16.5. The minimum atomic E-state index is -0.546. The van der Waals surface area contributed by atoms with Gasteiger partial charge in [-0.05, 0) is 50.7 Å². The second kappa shape index (κ2) is 5.13. The molecule has 1 saturated heterocycles. The van der Waals surface area contributed by atoms with Gasteiger partial charge in [0.05, 0.1) is 17.9 Å². The van der Waals surface area contributed by atoms with Crippen molar-refractivity contribution in [3.63, 3.8) is 0 Å². The quantitative estimate of drug-likeness (QED) is 0.878. The molecule has 2 heterocycles.